The second-order valence-electron chi connectivity index (χ2n) is 4.87. The van der Waals surface area contributed by atoms with Gasteiger partial charge in [0.1, 0.15) is 0 Å². The number of terminal acetylenes is 1. The lowest BCUT2D eigenvalue weighted by Gasteiger charge is -2.26. The van der Waals surface area contributed by atoms with Gasteiger partial charge in [-0.15, -0.1) is 6.42 Å². The van der Waals surface area contributed by atoms with Crippen molar-refractivity contribution in [2.75, 3.05) is 11.4 Å². The van der Waals surface area contributed by atoms with E-state index in [4.69, 9.17) is 6.42 Å². The van der Waals surface area contributed by atoms with Crippen molar-refractivity contribution in [1.29, 1.82) is 0 Å². The van der Waals surface area contributed by atoms with E-state index in [-0.39, 0.29) is 12.2 Å². The van der Waals surface area contributed by atoms with Gasteiger partial charge < -0.3 is 4.90 Å². The molecule has 0 aliphatic rings. The van der Waals surface area contributed by atoms with Gasteiger partial charge >= 0.3 is 6.18 Å². The first kappa shape index (κ1) is 17.8. The predicted octanol–water partition coefficient (Wildman–Crippen LogP) is 4.25. The van der Waals surface area contributed by atoms with Crippen molar-refractivity contribution in [3.63, 3.8) is 0 Å². The summed E-state index contributed by atoms with van der Waals surface area (Å²) in [6, 6.07) is 7.23. The number of carbonyl (C=O) groups is 1. The topological polar surface area (TPSA) is 20.3 Å². The maximum absolute atomic E-state index is 12.5. The zero-order chi connectivity index (χ0) is 16.8. The maximum Gasteiger partial charge on any atom is 0.454 e. The summed E-state index contributed by atoms with van der Waals surface area (Å²) in [5.41, 5.74) is 1.96. The van der Waals surface area contributed by atoms with Crippen LogP contribution < -0.4 is 4.90 Å². The van der Waals surface area contributed by atoms with Crippen molar-refractivity contribution in [2.45, 2.75) is 32.9 Å². The third-order valence-corrected chi connectivity index (χ3v) is 3.02. The molecule has 0 N–H and O–H groups in total. The standard InChI is InChI=1S/C17H18F3NO/c1-4-6-15(12-16(22)17(18,19)20)21(11-5-2)14-9-7-13(3)8-10-14/h2,7-10,12H,4,6,11H2,1,3H3/b15-12+. The number of hydrogen-bond acceptors (Lipinski definition) is 2. The highest BCUT2D eigenvalue weighted by Gasteiger charge is 2.37. The Morgan fingerprint density at radius 1 is 1.32 bits per heavy atom. The highest BCUT2D eigenvalue weighted by molar-refractivity contribution is 5.95. The lowest BCUT2D eigenvalue weighted by molar-refractivity contribution is -0.165. The van der Waals surface area contributed by atoms with Gasteiger partial charge in [-0.3, -0.25) is 4.79 Å². The first-order chi connectivity index (χ1) is 10.3. The molecule has 0 amide bonds. The van der Waals surface area contributed by atoms with Crippen LogP contribution in [0.5, 0.6) is 0 Å². The van der Waals surface area contributed by atoms with Gasteiger partial charge in [0.25, 0.3) is 5.78 Å². The normalized spacial score (nSPS) is 11.9. The lowest BCUT2D eigenvalue weighted by atomic mass is 10.1. The van der Waals surface area contributed by atoms with Crippen LogP contribution in [0.1, 0.15) is 25.3 Å². The molecule has 0 heterocycles. The molecule has 1 aromatic carbocycles. The number of rotatable bonds is 6. The molecule has 0 unspecified atom stereocenters. The van der Waals surface area contributed by atoms with Gasteiger partial charge in [-0.05, 0) is 25.5 Å². The fraction of sp³-hybridized carbons (Fsp3) is 0.353. The number of benzene rings is 1. The fourth-order valence-corrected chi connectivity index (χ4v) is 1.95. The van der Waals surface area contributed by atoms with Crippen LogP contribution in [0.25, 0.3) is 0 Å². The second-order valence-corrected chi connectivity index (χ2v) is 4.87. The molecule has 0 saturated heterocycles. The minimum Gasteiger partial charge on any atom is -0.333 e. The van der Waals surface area contributed by atoms with Crippen molar-refractivity contribution in [3.8, 4) is 12.3 Å². The third-order valence-electron chi connectivity index (χ3n) is 3.02. The summed E-state index contributed by atoms with van der Waals surface area (Å²) in [7, 11) is 0. The SMILES string of the molecule is C#CCN(/C(=C/C(=O)C(F)(F)F)CCC)c1ccc(C)cc1. The summed E-state index contributed by atoms with van der Waals surface area (Å²) in [4.78, 5) is 12.8. The molecule has 1 aromatic rings. The molecule has 0 radical (unpaired) electrons. The molecular formula is C17H18F3NO. The average Bonchev–Trinajstić information content (AvgIpc) is 2.44. The number of allylic oxidation sites excluding steroid dienone is 2. The zero-order valence-electron chi connectivity index (χ0n) is 12.6. The van der Waals surface area contributed by atoms with E-state index in [1.165, 1.54) is 0 Å². The summed E-state index contributed by atoms with van der Waals surface area (Å²) in [6.45, 7) is 3.83. The van der Waals surface area contributed by atoms with Crippen LogP contribution in [0.4, 0.5) is 18.9 Å². The first-order valence-electron chi connectivity index (χ1n) is 6.89. The molecule has 0 aliphatic heterocycles. The summed E-state index contributed by atoms with van der Waals surface area (Å²) in [5.74, 6) is 0.554. The molecule has 0 atom stereocenters. The Morgan fingerprint density at radius 2 is 1.91 bits per heavy atom. The van der Waals surface area contributed by atoms with Crippen molar-refractivity contribution >= 4 is 11.5 Å². The van der Waals surface area contributed by atoms with Crippen LogP contribution in [0, 0.1) is 19.3 Å². The molecule has 118 valence electrons. The Labute approximate surface area is 128 Å². The minimum atomic E-state index is -4.88. The van der Waals surface area contributed by atoms with Crippen LogP contribution in [0.2, 0.25) is 0 Å². The number of ketones is 1. The van der Waals surface area contributed by atoms with E-state index in [0.717, 1.165) is 5.56 Å². The maximum atomic E-state index is 12.5. The molecule has 22 heavy (non-hydrogen) atoms. The van der Waals surface area contributed by atoms with E-state index in [2.05, 4.69) is 5.92 Å². The van der Waals surface area contributed by atoms with E-state index in [0.29, 0.717) is 24.6 Å². The molecule has 0 saturated carbocycles. The molecule has 2 nitrogen and oxygen atoms in total. The molecular weight excluding hydrogens is 291 g/mol. The van der Waals surface area contributed by atoms with Gasteiger partial charge in [0.15, 0.2) is 0 Å². The second kappa shape index (κ2) is 7.69. The Bertz CT molecular complexity index is 579. The van der Waals surface area contributed by atoms with Gasteiger partial charge in [-0.25, -0.2) is 0 Å². The van der Waals surface area contributed by atoms with Gasteiger partial charge in [-0.2, -0.15) is 13.2 Å². The zero-order valence-corrected chi connectivity index (χ0v) is 12.6. The molecule has 0 bridgehead atoms. The van der Waals surface area contributed by atoms with Crippen molar-refractivity contribution < 1.29 is 18.0 Å². The molecule has 0 aromatic heterocycles. The molecule has 0 spiro atoms. The molecule has 1 rings (SSSR count). The van der Waals surface area contributed by atoms with E-state index in [1.807, 2.05) is 26.0 Å². The Morgan fingerprint density at radius 3 is 2.36 bits per heavy atom. The van der Waals surface area contributed by atoms with Crippen molar-refractivity contribution in [2.24, 2.45) is 0 Å². The predicted molar refractivity (Wildman–Crippen MR) is 81.4 cm³/mol. The Kier molecular flexibility index (Phi) is 6.24. The molecule has 5 heteroatoms. The van der Waals surface area contributed by atoms with Crippen LogP contribution >= 0.6 is 0 Å². The highest BCUT2D eigenvalue weighted by Crippen LogP contribution is 2.25. The van der Waals surface area contributed by atoms with Gasteiger partial charge in [-0.1, -0.05) is 37.0 Å². The van der Waals surface area contributed by atoms with Crippen LogP contribution in [0.3, 0.4) is 0 Å². The number of halogens is 3. The number of carbonyl (C=O) groups excluding carboxylic acids is 1. The van der Waals surface area contributed by atoms with E-state index in [9.17, 15) is 18.0 Å². The molecule has 0 aliphatic carbocycles. The average molecular weight is 309 g/mol. The minimum absolute atomic E-state index is 0.0973. The quantitative estimate of drug-likeness (QED) is 0.578. The summed E-state index contributed by atoms with van der Waals surface area (Å²) >= 11 is 0. The van der Waals surface area contributed by atoms with Crippen LogP contribution in [-0.4, -0.2) is 18.5 Å². The smallest absolute Gasteiger partial charge is 0.333 e. The lowest BCUT2D eigenvalue weighted by Crippen LogP contribution is -2.27. The van der Waals surface area contributed by atoms with Crippen LogP contribution in [0.15, 0.2) is 36.0 Å². The number of anilines is 1. The number of nitrogens with zero attached hydrogens (tertiary/aromatic N) is 1. The molecule has 0 fully saturated rings. The van der Waals surface area contributed by atoms with E-state index < -0.39 is 12.0 Å². The largest absolute Gasteiger partial charge is 0.454 e. The summed E-state index contributed by atoms with van der Waals surface area (Å²) in [5, 5.41) is 0. The number of alkyl halides is 3. The van der Waals surface area contributed by atoms with Gasteiger partial charge in [0, 0.05) is 17.5 Å². The van der Waals surface area contributed by atoms with Crippen molar-refractivity contribution in [1.82, 2.24) is 0 Å². The fourth-order valence-electron chi connectivity index (χ4n) is 1.95. The van der Waals surface area contributed by atoms with Crippen molar-refractivity contribution in [3.05, 3.63) is 41.6 Å². The monoisotopic (exact) mass is 309 g/mol. The number of aryl methyl sites for hydroxylation is 1. The highest BCUT2D eigenvalue weighted by atomic mass is 19.4. The summed E-state index contributed by atoms with van der Waals surface area (Å²) in [6.07, 6.45) is 2.01. The van der Waals surface area contributed by atoms with Gasteiger partial charge in [0.2, 0.25) is 0 Å². The third kappa shape index (κ3) is 4.96. The first-order valence-corrected chi connectivity index (χ1v) is 6.89. The van der Waals surface area contributed by atoms with E-state index >= 15 is 0 Å². The van der Waals surface area contributed by atoms with Crippen LogP contribution in [-0.2, 0) is 4.79 Å². The van der Waals surface area contributed by atoms with E-state index in [1.54, 1.807) is 17.0 Å². The summed E-state index contributed by atoms with van der Waals surface area (Å²) < 4.78 is 37.5. The Balaban J connectivity index is 3.23. The Hall–Kier alpha value is -2.22. The number of hydrogen-bond donors (Lipinski definition) is 0. The van der Waals surface area contributed by atoms with Gasteiger partial charge in [0.05, 0.1) is 6.54 Å².